The van der Waals surface area contributed by atoms with E-state index in [4.69, 9.17) is 5.14 Å². The number of hydrogen-bond donors (Lipinski definition) is 2. The van der Waals surface area contributed by atoms with Crippen LogP contribution in [-0.4, -0.2) is 29.1 Å². The molecule has 1 heterocycles. The summed E-state index contributed by atoms with van der Waals surface area (Å²) in [5.41, 5.74) is 1.54. The molecule has 0 fully saturated rings. The Morgan fingerprint density at radius 3 is 2.41 bits per heavy atom. The SMILES string of the molecule is Cc1ccc(-n2c(SC(C)C(=O)NC(C)c3ccc(S(N)(=O)=O)cc3)nc3ccccc3c2=O)cc1F. The van der Waals surface area contributed by atoms with Crippen LogP contribution < -0.4 is 16.0 Å². The molecule has 0 saturated heterocycles. The van der Waals surface area contributed by atoms with Crippen LogP contribution in [0.1, 0.15) is 31.0 Å². The van der Waals surface area contributed by atoms with Crippen molar-refractivity contribution in [1.29, 1.82) is 0 Å². The van der Waals surface area contributed by atoms with E-state index < -0.39 is 27.1 Å². The first-order chi connectivity index (χ1) is 17.5. The molecule has 0 aliphatic heterocycles. The number of nitrogens with one attached hydrogen (secondary N) is 1. The Hall–Kier alpha value is -3.54. The minimum Gasteiger partial charge on any atom is -0.349 e. The summed E-state index contributed by atoms with van der Waals surface area (Å²) in [7, 11) is -3.82. The number of carbonyl (C=O) groups excluding carboxylic acids is 1. The van der Waals surface area contributed by atoms with Crippen molar-refractivity contribution in [3.05, 3.63) is 94.0 Å². The number of amides is 1. The van der Waals surface area contributed by atoms with E-state index in [2.05, 4.69) is 10.3 Å². The summed E-state index contributed by atoms with van der Waals surface area (Å²) in [6, 6.07) is 16.8. The summed E-state index contributed by atoms with van der Waals surface area (Å²) >= 11 is 1.08. The Bertz CT molecular complexity index is 1650. The number of hydrogen-bond acceptors (Lipinski definition) is 6. The summed E-state index contributed by atoms with van der Waals surface area (Å²) in [4.78, 5) is 31.0. The number of benzene rings is 3. The molecule has 0 spiro atoms. The molecule has 1 aromatic heterocycles. The highest BCUT2D eigenvalue weighted by Gasteiger charge is 2.22. The van der Waals surface area contributed by atoms with Gasteiger partial charge in [-0.05, 0) is 68.3 Å². The van der Waals surface area contributed by atoms with Crippen LogP contribution in [0.4, 0.5) is 4.39 Å². The summed E-state index contributed by atoms with van der Waals surface area (Å²) in [6.07, 6.45) is 0. The van der Waals surface area contributed by atoms with Crippen LogP contribution in [0.3, 0.4) is 0 Å². The molecular formula is C26H25FN4O4S2. The third-order valence-electron chi connectivity index (χ3n) is 5.88. The molecule has 0 aliphatic rings. The lowest BCUT2D eigenvalue weighted by molar-refractivity contribution is -0.120. The second-order valence-electron chi connectivity index (χ2n) is 8.59. The number of sulfonamides is 1. The first kappa shape index (κ1) is 26.5. The van der Waals surface area contributed by atoms with Crippen molar-refractivity contribution in [2.45, 2.75) is 42.1 Å². The second kappa shape index (κ2) is 10.4. The number of thioether (sulfide) groups is 1. The van der Waals surface area contributed by atoms with Crippen LogP contribution in [0.15, 0.2) is 81.6 Å². The highest BCUT2D eigenvalue weighted by Crippen LogP contribution is 2.26. The fraction of sp³-hybridized carbons (Fsp3) is 0.192. The van der Waals surface area contributed by atoms with E-state index >= 15 is 0 Å². The molecule has 2 atom stereocenters. The third kappa shape index (κ3) is 5.74. The number of carbonyl (C=O) groups is 1. The predicted octanol–water partition coefficient (Wildman–Crippen LogP) is 3.84. The first-order valence-corrected chi connectivity index (χ1v) is 13.8. The molecule has 1 amide bonds. The van der Waals surface area contributed by atoms with Crippen molar-refractivity contribution in [3.63, 3.8) is 0 Å². The average Bonchev–Trinajstić information content (AvgIpc) is 2.85. The van der Waals surface area contributed by atoms with Crippen LogP contribution in [0.25, 0.3) is 16.6 Å². The smallest absolute Gasteiger partial charge is 0.266 e. The number of nitrogens with zero attached hydrogens (tertiary/aromatic N) is 2. The van der Waals surface area contributed by atoms with Crippen molar-refractivity contribution in [2.75, 3.05) is 0 Å². The summed E-state index contributed by atoms with van der Waals surface area (Å²) in [6.45, 7) is 5.07. The molecule has 0 aliphatic carbocycles. The summed E-state index contributed by atoms with van der Waals surface area (Å²) in [5, 5.41) is 7.99. The van der Waals surface area contributed by atoms with E-state index in [1.54, 1.807) is 69.3 Å². The Morgan fingerprint density at radius 2 is 1.76 bits per heavy atom. The molecule has 0 saturated carbocycles. The van der Waals surface area contributed by atoms with Crippen LogP contribution in [0.5, 0.6) is 0 Å². The van der Waals surface area contributed by atoms with Crippen molar-refractivity contribution in [3.8, 4) is 5.69 Å². The van der Waals surface area contributed by atoms with Gasteiger partial charge in [0.1, 0.15) is 5.82 Å². The number of rotatable bonds is 7. The fourth-order valence-corrected chi connectivity index (χ4v) is 5.16. The lowest BCUT2D eigenvalue weighted by Crippen LogP contribution is -2.33. The summed E-state index contributed by atoms with van der Waals surface area (Å²) < 4.78 is 38.7. The molecule has 192 valence electrons. The number of nitrogens with two attached hydrogens (primary N) is 1. The molecule has 11 heteroatoms. The van der Waals surface area contributed by atoms with Gasteiger partial charge in [-0.15, -0.1) is 0 Å². The second-order valence-corrected chi connectivity index (χ2v) is 11.5. The number of para-hydroxylation sites is 1. The molecule has 2 unspecified atom stereocenters. The zero-order chi connectivity index (χ0) is 26.9. The molecule has 3 N–H and O–H groups in total. The molecule has 4 aromatic rings. The average molecular weight is 541 g/mol. The number of aryl methyl sites for hydroxylation is 1. The van der Waals surface area contributed by atoms with E-state index in [0.29, 0.717) is 27.7 Å². The Labute approximate surface area is 217 Å². The van der Waals surface area contributed by atoms with Gasteiger partial charge in [-0.1, -0.05) is 42.1 Å². The van der Waals surface area contributed by atoms with Crippen molar-refractivity contribution in [2.24, 2.45) is 5.14 Å². The minimum absolute atomic E-state index is 0.0217. The molecule has 0 radical (unpaired) electrons. The van der Waals surface area contributed by atoms with Crippen LogP contribution >= 0.6 is 11.8 Å². The molecule has 3 aromatic carbocycles. The van der Waals surface area contributed by atoms with Crippen molar-refractivity contribution in [1.82, 2.24) is 14.9 Å². The van der Waals surface area contributed by atoms with E-state index in [0.717, 1.165) is 11.8 Å². The zero-order valence-electron chi connectivity index (χ0n) is 20.3. The van der Waals surface area contributed by atoms with Gasteiger partial charge in [0, 0.05) is 0 Å². The predicted molar refractivity (Wildman–Crippen MR) is 142 cm³/mol. The highest BCUT2D eigenvalue weighted by molar-refractivity contribution is 8.00. The fourth-order valence-electron chi connectivity index (χ4n) is 3.71. The lowest BCUT2D eigenvalue weighted by Gasteiger charge is -2.19. The standard InChI is InChI=1S/C26H25FN4O4S2/c1-15-8-11-19(14-22(15)27)31-25(33)21-6-4-5-7-23(21)30-26(31)36-17(3)24(32)29-16(2)18-9-12-20(13-10-18)37(28,34)35/h4-14,16-17H,1-3H3,(H,29,32)(H2,28,34,35). The van der Waals surface area contributed by atoms with Crippen LogP contribution in [0.2, 0.25) is 0 Å². The van der Waals surface area contributed by atoms with Crippen molar-refractivity contribution < 1.29 is 17.6 Å². The number of halogens is 1. The number of primary sulfonamides is 1. The van der Waals surface area contributed by atoms with Crippen LogP contribution in [0, 0.1) is 12.7 Å². The normalized spacial score (nSPS) is 13.3. The monoisotopic (exact) mass is 540 g/mol. The van der Waals surface area contributed by atoms with Gasteiger partial charge >= 0.3 is 0 Å². The van der Waals surface area contributed by atoms with E-state index in [-0.39, 0.29) is 21.5 Å². The van der Waals surface area contributed by atoms with Gasteiger partial charge in [-0.3, -0.25) is 14.2 Å². The number of aromatic nitrogens is 2. The molecule has 4 rings (SSSR count). The third-order valence-corrected chi connectivity index (χ3v) is 7.86. The topological polar surface area (TPSA) is 124 Å². The van der Waals surface area contributed by atoms with Gasteiger partial charge in [0.25, 0.3) is 5.56 Å². The Kier molecular flexibility index (Phi) is 7.49. The van der Waals surface area contributed by atoms with Gasteiger partial charge in [0.15, 0.2) is 5.16 Å². The Balaban J connectivity index is 1.62. The number of fused-ring (bicyclic) bond motifs is 1. The zero-order valence-corrected chi connectivity index (χ0v) is 21.9. The molecule has 0 bridgehead atoms. The van der Waals surface area contributed by atoms with Crippen molar-refractivity contribution >= 4 is 38.6 Å². The van der Waals surface area contributed by atoms with Gasteiger partial charge < -0.3 is 5.32 Å². The quantitative estimate of drug-likeness (QED) is 0.271. The Morgan fingerprint density at radius 1 is 1.08 bits per heavy atom. The molecule has 37 heavy (non-hydrogen) atoms. The van der Waals surface area contributed by atoms with E-state index in [9.17, 15) is 22.4 Å². The van der Waals surface area contributed by atoms with Gasteiger partial charge in [-0.2, -0.15) is 0 Å². The van der Waals surface area contributed by atoms with Gasteiger partial charge in [0.05, 0.1) is 32.8 Å². The highest BCUT2D eigenvalue weighted by atomic mass is 32.2. The largest absolute Gasteiger partial charge is 0.349 e. The first-order valence-electron chi connectivity index (χ1n) is 11.3. The lowest BCUT2D eigenvalue weighted by atomic mass is 10.1. The van der Waals surface area contributed by atoms with E-state index in [1.165, 1.54) is 22.8 Å². The van der Waals surface area contributed by atoms with Gasteiger partial charge in [-0.25, -0.2) is 22.9 Å². The van der Waals surface area contributed by atoms with E-state index in [1.807, 2.05) is 0 Å². The maximum absolute atomic E-state index is 14.4. The molecule has 8 nitrogen and oxygen atoms in total. The van der Waals surface area contributed by atoms with Gasteiger partial charge in [0.2, 0.25) is 15.9 Å². The maximum Gasteiger partial charge on any atom is 0.266 e. The minimum atomic E-state index is -3.82. The summed E-state index contributed by atoms with van der Waals surface area (Å²) in [5.74, 6) is -0.779. The molecular weight excluding hydrogens is 515 g/mol. The maximum atomic E-state index is 14.4. The van der Waals surface area contributed by atoms with Crippen LogP contribution in [-0.2, 0) is 14.8 Å².